The number of piperidine rings is 1. The molecule has 0 radical (unpaired) electrons. The van der Waals surface area contributed by atoms with Gasteiger partial charge in [-0.15, -0.1) is 11.3 Å². The van der Waals surface area contributed by atoms with Crippen LogP contribution in [-0.4, -0.2) is 54.4 Å². The van der Waals surface area contributed by atoms with E-state index in [0.717, 1.165) is 68.1 Å². The molecule has 148 valence electrons. The van der Waals surface area contributed by atoms with E-state index in [0.29, 0.717) is 12.5 Å². The first-order valence-corrected chi connectivity index (χ1v) is 10.9. The molecule has 2 fully saturated rings. The number of amides is 2. The average molecular weight is 399 g/mol. The fourth-order valence-corrected chi connectivity index (χ4v) is 4.64. The van der Waals surface area contributed by atoms with Crippen LogP contribution >= 0.6 is 11.3 Å². The Balaban J connectivity index is 1.29. The van der Waals surface area contributed by atoms with E-state index < -0.39 is 0 Å². The molecule has 5 nitrogen and oxygen atoms in total. The van der Waals surface area contributed by atoms with Crippen LogP contribution < -0.4 is 4.74 Å². The van der Waals surface area contributed by atoms with E-state index in [1.165, 1.54) is 11.3 Å². The molecule has 0 bridgehead atoms. The van der Waals surface area contributed by atoms with Gasteiger partial charge in [0.2, 0.25) is 0 Å². The Morgan fingerprint density at radius 3 is 2.43 bits per heavy atom. The number of carbonyl (C=O) groups is 2. The van der Waals surface area contributed by atoms with Gasteiger partial charge in [0, 0.05) is 37.7 Å². The summed E-state index contributed by atoms with van der Waals surface area (Å²) in [6.45, 7) is 3.87. The molecule has 0 spiro atoms. The van der Waals surface area contributed by atoms with Crippen molar-refractivity contribution in [1.82, 2.24) is 9.80 Å². The summed E-state index contributed by atoms with van der Waals surface area (Å²) >= 11 is 1.50. The van der Waals surface area contributed by atoms with Gasteiger partial charge in [0.15, 0.2) is 0 Å². The van der Waals surface area contributed by atoms with E-state index in [2.05, 4.69) is 0 Å². The third-order valence-corrected chi connectivity index (χ3v) is 6.38. The third-order valence-electron chi connectivity index (χ3n) is 5.52. The molecule has 6 heteroatoms. The molecule has 3 heterocycles. The summed E-state index contributed by atoms with van der Waals surface area (Å²) in [5.41, 5.74) is 0.722. The summed E-state index contributed by atoms with van der Waals surface area (Å²) in [6.07, 6.45) is 4.27. The van der Waals surface area contributed by atoms with Gasteiger partial charge >= 0.3 is 0 Å². The van der Waals surface area contributed by atoms with Gasteiger partial charge in [0.05, 0.1) is 11.5 Å². The van der Waals surface area contributed by atoms with Crippen molar-refractivity contribution in [3.63, 3.8) is 0 Å². The maximum absolute atomic E-state index is 12.6. The molecule has 0 N–H and O–H groups in total. The lowest BCUT2D eigenvalue weighted by molar-refractivity contribution is 0.0638. The van der Waals surface area contributed by atoms with Crippen molar-refractivity contribution >= 4 is 23.2 Å². The second kappa shape index (κ2) is 8.78. The van der Waals surface area contributed by atoms with Gasteiger partial charge in [0.1, 0.15) is 5.75 Å². The minimum absolute atomic E-state index is 0.110. The van der Waals surface area contributed by atoms with Gasteiger partial charge in [-0.1, -0.05) is 6.07 Å². The largest absolute Gasteiger partial charge is 0.493 e. The molecule has 0 aliphatic carbocycles. The van der Waals surface area contributed by atoms with Crippen molar-refractivity contribution in [2.45, 2.75) is 25.7 Å². The fourth-order valence-electron chi connectivity index (χ4n) is 3.95. The predicted octanol–water partition coefficient (Wildman–Crippen LogP) is 3.92. The maximum Gasteiger partial charge on any atom is 0.263 e. The summed E-state index contributed by atoms with van der Waals surface area (Å²) in [6, 6.07) is 11.3. The van der Waals surface area contributed by atoms with E-state index >= 15 is 0 Å². The zero-order valence-corrected chi connectivity index (χ0v) is 16.8. The number of benzene rings is 1. The predicted molar refractivity (Wildman–Crippen MR) is 110 cm³/mol. The van der Waals surface area contributed by atoms with Crippen molar-refractivity contribution in [3.05, 3.63) is 52.2 Å². The summed E-state index contributed by atoms with van der Waals surface area (Å²) in [7, 11) is 0. The molecule has 2 saturated heterocycles. The fraction of sp³-hybridized carbons (Fsp3) is 0.455. The van der Waals surface area contributed by atoms with Gasteiger partial charge in [-0.05, 0) is 61.4 Å². The normalized spacial score (nSPS) is 19.6. The van der Waals surface area contributed by atoms with E-state index in [1.54, 1.807) is 0 Å². The van der Waals surface area contributed by atoms with E-state index in [1.807, 2.05) is 51.6 Å². The van der Waals surface area contributed by atoms with Crippen LogP contribution in [0.5, 0.6) is 5.75 Å². The van der Waals surface area contributed by atoms with Gasteiger partial charge in [0.25, 0.3) is 11.8 Å². The lowest BCUT2D eigenvalue weighted by Gasteiger charge is -2.32. The Labute approximate surface area is 169 Å². The van der Waals surface area contributed by atoms with Crippen LogP contribution in [0.25, 0.3) is 0 Å². The standard InChI is InChI=1S/C22H26N2O3S/c25-21(23-11-1-2-12-23)18-7-9-19(10-8-18)27-16-17-5-3-13-24(15-17)22(26)20-6-4-14-28-20/h4,6-10,14,17H,1-3,5,11-13,15-16H2/t17-/m0/s1. The van der Waals surface area contributed by atoms with Gasteiger partial charge in [-0.3, -0.25) is 9.59 Å². The Morgan fingerprint density at radius 1 is 0.964 bits per heavy atom. The number of thiophene rings is 1. The molecule has 2 amide bonds. The zero-order valence-electron chi connectivity index (χ0n) is 16.0. The van der Waals surface area contributed by atoms with Crippen molar-refractivity contribution in [3.8, 4) is 5.75 Å². The highest BCUT2D eigenvalue weighted by Gasteiger charge is 2.25. The SMILES string of the molecule is O=C(c1ccc(OC[C@H]2CCCN(C(=O)c3cccs3)C2)cc1)N1CCCC1. The number of hydrogen-bond donors (Lipinski definition) is 0. The smallest absolute Gasteiger partial charge is 0.263 e. The number of rotatable bonds is 5. The van der Waals surface area contributed by atoms with Crippen LogP contribution in [0.2, 0.25) is 0 Å². The Morgan fingerprint density at radius 2 is 1.71 bits per heavy atom. The molecule has 1 atom stereocenters. The molecular formula is C22H26N2O3S. The Kier molecular flexibility index (Phi) is 5.95. The number of ether oxygens (including phenoxy) is 1. The summed E-state index contributed by atoms with van der Waals surface area (Å²) in [5.74, 6) is 1.35. The third kappa shape index (κ3) is 4.38. The van der Waals surface area contributed by atoms with Crippen LogP contribution in [0, 0.1) is 5.92 Å². The van der Waals surface area contributed by atoms with E-state index in [4.69, 9.17) is 4.74 Å². The zero-order chi connectivity index (χ0) is 19.3. The average Bonchev–Trinajstić information content (AvgIpc) is 3.46. The van der Waals surface area contributed by atoms with Crippen molar-refractivity contribution < 1.29 is 14.3 Å². The molecule has 1 aromatic heterocycles. The molecule has 0 saturated carbocycles. The monoisotopic (exact) mass is 398 g/mol. The maximum atomic E-state index is 12.6. The van der Waals surface area contributed by atoms with Crippen LogP contribution in [0.3, 0.4) is 0 Å². The molecule has 1 aromatic carbocycles. The number of hydrogen-bond acceptors (Lipinski definition) is 4. The topological polar surface area (TPSA) is 49.9 Å². The highest BCUT2D eigenvalue weighted by Crippen LogP contribution is 2.22. The first kappa shape index (κ1) is 19.0. The number of carbonyl (C=O) groups excluding carboxylic acids is 2. The Bertz CT molecular complexity index is 798. The highest BCUT2D eigenvalue weighted by atomic mass is 32.1. The molecule has 0 unspecified atom stereocenters. The van der Waals surface area contributed by atoms with Gasteiger partial charge in [-0.25, -0.2) is 0 Å². The van der Waals surface area contributed by atoms with Crippen LogP contribution in [0.15, 0.2) is 41.8 Å². The summed E-state index contributed by atoms with van der Waals surface area (Å²) in [4.78, 5) is 29.6. The van der Waals surface area contributed by atoms with E-state index in [-0.39, 0.29) is 11.8 Å². The van der Waals surface area contributed by atoms with Crippen molar-refractivity contribution in [2.24, 2.45) is 5.92 Å². The second-order valence-corrected chi connectivity index (χ2v) is 8.52. The minimum atomic E-state index is 0.110. The molecule has 4 rings (SSSR count). The quantitative estimate of drug-likeness (QED) is 0.767. The number of nitrogens with zero attached hydrogens (tertiary/aromatic N) is 2. The lowest BCUT2D eigenvalue weighted by atomic mass is 9.99. The molecule has 28 heavy (non-hydrogen) atoms. The minimum Gasteiger partial charge on any atom is -0.493 e. The van der Waals surface area contributed by atoms with Crippen LogP contribution in [0.4, 0.5) is 0 Å². The van der Waals surface area contributed by atoms with Gasteiger partial charge < -0.3 is 14.5 Å². The lowest BCUT2D eigenvalue weighted by Crippen LogP contribution is -2.41. The Hall–Kier alpha value is -2.34. The van der Waals surface area contributed by atoms with Gasteiger partial charge in [-0.2, -0.15) is 0 Å². The first-order chi connectivity index (χ1) is 13.7. The molecule has 2 aliphatic rings. The van der Waals surface area contributed by atoms with E-state index in [9.17, 15) is 9.59 Å². The van der Waals surface area contributed by atoms with Crippen molar-refractivity contribution in [1.29, 1.82) is 0 Å². The molecular weight excluding hydrogens is 372 g/mol. The van der Waals surface area contributed by atoms with Crippen molar-refractivity contribution in [2.75, 3.05) is 32.8 Å². The molecule has 2 aliphatic heterocycles. The summed E-state index contributed by atoms with van der Waals surface area (Å²) < 4.78 is 5.96. The number of likely N-dealkylation sites (tertiary alicyclic amines) is 2. The first-order valence-electron chi connectivity index (χ1n) is 10.1. The highest BCUT2D eigenvalue weighted by molar-refractivity contribution is 7.12. The second-order valence-electron chi connectivity index (χ2n) is 7.57. The molecule has 2 aromatic rings. The van der Waals surface area contributed by atoms with Crippen LogP contribution in [0.1, 0.15) is 45.7 Å². The van der Waals surface area contributed by atoms with Crippen LogP contribution in [-0.2, 0) is 0 Å². The summed E-state index contributed by atoms with van der Waals surface area (Å²) in [5, 5.41) is 1.94.